The maximum atomic E-state index is 14.4. The first-order valence-electron chi connectivity index (χ1n) is 15.1. The molecule has 2 atom stereocenters. The Kier molecular flexibility index (Phi) is 9.79. The number of carboxylic acid groups (broad SMARTS) is 2. The summed E-state index contributed by atoms with van der Waals surface area (Å²) >= 11 is 12.2. The van der Waals surface area contributed by atoms with Gasteiger partial charge in [0.05, 0.1) is 51.5 Å². The SMILES string of the molecule is CCN(CC)c1ccc(C([C@@H]2C(=O)N(c3ccc(Cl)c(C(=O)O)c3)N=C2C)[C@@H]2C(=O)N(c3ccc(Cl)c(C(=O)O)c3)N=C2C)c(OC)c1. The van der Waals surface area contributed by atoms with Gasteiger partial charge in [-0.15, -0.1) is 0 Å². The number of halogens is 2. The van der Waals surface area contributed by atoms with Crippen LogP contribution in [0.3, 0.4) is 0 Å². The van der Waals surface area contributed by atoms with E-state index in [1.54, 1.807) is 13.8 Å². The van der Waals surface area contributed by atoms with Crippen LogP contribution in [0, 0.1) is 11.8 Å². The average Bonchev–Trinajstić information content (AvgIpc) is 3.52. The second-order valence-electron chi connectivity index (χ2n) is 11.3. The van der Waals surface area contributed by atoms with Crippen molar-refractivity contribution in [3.63, 3.8) is 0 Å². The Morgan fingerprint density at radius 3 is 1.67 bits per heavy atom. The second kappa shape index (κ2) is 13.7. The van der Waals surface area contributed by atoms with Gasteiger partial charge in [0.25, 0.3) is 11.8 Å². The number of hydrazone groups is 2. The van der Waals surface area contributed by atoms with Crippen molar-refractivity contribution in [1.82, 2.24) is 0 Å². The molecule has 0 spiro atoms. The summed E-state index contributed by atoms with van der Waals surface area (Å²) in [5.74, 6) is -5.96. The molecule has 2 aliphatic rings. The second-order valence-corrected chi connectivity index (χ2v) is 12.1. The van der Waals surface area contributed by atoms with Gasteiger partial charge in [-0.2, -0.15) is 10.2 Å². The highest BCUT2D eigenvalue weighted by Crippen LogP contribution is 2.46. The van der Waals surface area contributed by atoms with Gasteiger partial charge in [0.2, 0.25) is 0 Å². The predicted octanol–water partition coefficient (Wildman–Crippen LogP) is 6.41. The van der Waals surface area contributed by atoms with E-state index in [-0.39, 0.29) is 32.5 Å². The van der Waals surface area contributed by atoms with Gasteiger partial charge in [0.15, 0.2) is 0 Å². The summed E-state index contributed by atoms with van der Waals surface area (Å²) in [6.07, 6.45) is 0. The minimum Gasteiger partial charge on any atom is -0.496 e. The number of aromatic carboxylic acids is 2. The third kappa shape index (κ3) is 6.09. The summed E-state index contributed by atoms with van der Waals surface area (Å²) in [4.78, 5) is 54.5. The van der Waals surface area contributed by atoms with Crippen molar-refractivity contribution < 1.29 is 34.1 Å². The molecule has 0 saturated carbocycles. The number of nitrogens with zero attached hydrogens (tertiary/aromatic N) is 5. The van der Waals surface area contributed by atoms with Gasteiger partial charge < -0.3 is 19.8 Å². The number of benzene rings is 3. The molecule has 3 aromatic carbocycles. The number of rotatable bonds is 11. The first-order valence-corrected chi connectivity index (χ1v) is 15.8. The van der Waals surface area contributed by atoms with Crippen molar-refractivity contribution >= 4 is 75.4 Å². The van der Waals surface area contributed by atoms with Crippen LogP contribution in [0.15, 0.2) is 64.8 Å². The van der Waals surface area contributed by atoms with E-state index < -0.39 is 41.5 Å². The van der Waals surface area contributed by atoms with E-state index in [0.717, 1.165) is 28.8 Å². The van der Waals surface area contributed by atoms with Crippen molar-refractivity contribution in [3.05, 3.63) is 81.3 Å². The number of methoxy groups -OCH3 is 1. The van der Waals surface area contributed by atoms with Crippen molar-refractivity contribution in [2.24, 2.45) is 22.0 Å². The van der Waals surface area contributed by atoms with E-state index in [9.17, 15) is 29.4 Å². The normalized spacial score (nSPS) is 17.6. The van der Waals surface area contributed by atoms with Crippen LogP contribution in [0.4, 0.5) is 17.1 Å². The Hall–Kier alpha value is -4.94. The van der Waals surface area contributed by atoms with E-state index in [1.807, 2.05) is 32.0 Å². The highest BCUT2D eigenvalue weighted by Gasteiger charge is 2.51. The number of anilines is 3. The zero-order valence-electron chi connectivity index (χ0n) is 26.8. The lowest BCUT2D eigenvalue weighted by Gasteiger charge is -2.31. The molecule has 0 fully saturated rings. The van der Waals surface area contributed by atoms with Crippen LogP contribution >= 0.6 is 23.2 Å². The summed E-state index contributed by atoms with van der Waals surface area (Å²) in [7, 11) is 1.51. The molecule has 0 saturated heterocycles. The molecule has 0 bridgehead atoms. The van der Waals surface area contributed by atoms with Gasteiger partial charge in [-0.05, 0) is 75.7 Å². The first-order chi connectivity index (χ1) is 22.8. The molecule has 2 heterocycles. The summed E-state index contributed by atoms with van der Waals surface area (Å²) in [5.41, 5.74) is 2.20. The zero-order chi connectivity index (χ0) is 35.0. The third-order valence-corrected chi connectivity index (χ3v) is 9.30. The summed E-state index contributed by atoms with van der Waals surface area (Å²) < 4.78 is 5.88. The lowest BCUT2D eigenvalue weighted by atomic mass is 9.72. The minimum atomic E-state index is -1.27. The van der Waals surface area contributed by atoms with E-state index in [2.05, 4.69) is 15.1 Å². The van der Waals surface area contributed by atoms with Crippen molar-refractivity contribution in [2.75, 3.05) is 35.1 Å². The van der Waals surface area contributed by atoms with Gasteiger partial charge in [0, 0.05) is 42.2 Å². The van der Waals surface area contributed by atoms with Crippen LogP contribution in [-0.4, -0.2) is 65.6 Å². The summed E-state index contributed by atoms with van der Waals surface area (Å²) in [5, 5.41) is 30.6. The number of hydrogen-bond acceptors (Lipinski definition) is 8. The van der Waals surface area contributed by atoms with Crippen LogP contribution in [0.25, 0.3) is 0 Å². The molecule has 3 aromatic rings. The molecule has 250 valence electrons. The lowest BCUT2D eigenvalue weighted by molar-refractivity contribution is -0.122. The highest BCUT2D eigenvalue weighted by molar-refractivity contribution is 6.34. The number of carbonyl (C=O) groups is 4. The molecule has 14 heteroatoms. The van der Waals surface area contributed by atoms with Gasteiger partial charge in [-0.3, -0.25) is 9.59 Å². The number of ether oxygens (including phenoxy) is 1. The van der Waals surface area contributed by atoms with Gasteiger partial charge in [-0.1, -0.05) is 29.3 Å². The van der Waals surface area contributed by atoms with E-state index >= 15 is 0 Å². The summed E-state index contributed by atoms with van der Waals surface area (Å²) in [6.45, 7) is 8.88. The Balaban J connectivity index is 1.64. The van der Waals surface area contributed by atoms with Crippen molar-refractivity contribution in [3.8, 4) is 5.75 Å². The van der Waals surface area contributed by atoms with Crippen molar-refractivity contribution in [1.29, 1.82) is 0 Å². The Bertz CT molecular complexity index is 1790. The van der Waals surface area contributed by atoms with Gasteiger partial charge in [0.1, 0.15) is 5.75 Å². The smallest absolute Gasteiger partial charge is 0.337 e. The maximum Gasteiger partial charge on any atom is 0.337 e. The minimum absolute atomic E-state index is 0.00258. The number of amides is 2. The van der Waals surface area contributed by atoms with Crippen LogP contribution < -0.4 is 19.7 Å². The Morgan fingerprint density at radius 1 is 0.812 bits per heavy atom. The molecule has 48 heavy (non-hydrogen) atoms. The quantitative estimate of drug-likeness (QED) is 0.234. The lowest BCUT2D eigenvalue weighted by Crippen LogP contribution is -2.40. The predicted molar refractivity (Wildman–Crippen MR) is 184 cm³/mol. The molecule has 2 N–H and O–H groups in total. The number of carboxylic acids is 2. The third-order valence-electron chi connectivity index (χ3n) is 8.64. The average molecular weight is 695 g/mol. The molecule has 0 aromatic heterocycles. The summed E-state index contributed by atoms with van der Waals surface area (Å²) in [6, 6.07) is 13.9. The molecule has 2 amide bonds. The molecule has 2 aliphatic heterocycles. The monoisotopic (exact) mass is 693 g/mol. The number of hydrogen-bond donors (Lipinski definition) is 2. The van der Waals surface area contributed by atoms with E-state index in [4.69, 9.17) is 27.9 Å². The fourth-order valence-corrected chi connectivity index (χ4v) is 6.68. The molecule has 12 nitrogen and oxygen atoms in total. The van der Waals surface area contributed by atoms with Crippen LogP contribution in [0.1, 0.15) is 59.9 Å². The molecule has 0 aliphatic carbocycles. The van der Waals surface area contributed by atoms with E-state index in [0.29, 0.717) is 22.7 Å². The van der Waals surface area contributed by atoms with Crippen LogP contribution in [0.2, 0.25) is 10.0 Å². The topological polar surface area (TPSA) is 152 Å². The largest absolute Gasteiger partial charge is 0.496 e. The number of carbonyl (C=O) groups excluding carboxylic acids is 2. The van der Waals surface area contributed by atoms with Gasteiger partial charge in [-0.25, -0.2) is 19.6 Å². The molecular weight excluding hydrogens is 661 g/mol. The van der Waals surface area contributed by atoms with Crippen LogP contribution in [-0.2, 0) is 9.59 Å². The fourth-order valence-electron chi connectivity index (χ4n) is 6.29. The Labute approximate surface area is 286 Å². The molecule has 0 radical (unpaired) electrons. The zero-order valence-corrected chi connectivity index (χ0v) is 28.3. The van der Waals surface area contributed by atoms with E-state index in [1.165, 1.54) is 43.5 Å². The Morgan fingerprint density at radius 2 is 1.27 bits per heavy atom. The maximum absolute atomic E-state index is 14.4. The molecule has 5 rings (SSSR count). The van der Waals surface area contributed by atoms with Crippen LogP contribution in [0.5, 0.6) is 5.75 Å². The first kappa shape index (κ1) is 34.4. The molecular formula is C34H33Cl2N5O7. The molecule has 0 unspecified atom stereocenters. The van der Waals surface area contributed by atoms with Gasteiger partial charge >= 0.3 is 11.9 Å². The van der Waals surface area contributed by atoms with Crippen molar-refractivity contribution in [2.45, 2.75) is 33.6 Å². The fraction of sp³-hybridized carbons (Fsp3) is 0.294. The highest BCUT2D eigenvalue weighted by atomic mass is 35.5. The standard InChI is InChI=1S/C34H33Cl2N5O7/c1-6-39(7-2)19-8-11-22(27(16-19)48-5)30(28-17(3)37-40(31(28)42)20-9-12-25(35)23(14-20)33(44)45)29-18(4)38-41(32(29)43)21-10-13-26(36)24(15-21)34(46)47/h8-16,28-30H,6-7H2,1-5H3,(H,44,45)(H,46,47)/t28-,29-/m1/s1.